The number of carbonyl (C=O) groups excluding carboxylic acids is 2. The molecule has 7 nitrogen and oxygen atoms in total. The standard InChI is InChI=1S/C19H26N2O5S/c1-2-21(16-8-10-27(24,25)13-16)19(23)15-6-3-5-14(11-15)18(22)20-12-17-7-4-9-26-17/h3,5-6,11,16-17H,2,4,7-10,12-13H2,1H3,(H,20,22). The third kappa shape index (κ3) is 4.87. The van der Waals surface area contributed by atoms with E-state index in [1.165, 1.54) is 0 Å². The summed E-state index contributed by atoms with van der Waals surface area (Å²) in [5, 5.41) is 2.85. The number of benzene rings is 1. The second-order valence-electron chi connectivity index (χ2n) is 7.07. The van der Waals surface area contributed by atoms with Gasteiger partial charge in [0.05, 0.1) is 17.6 Å². The first-order valence-corrected chi connectivity index (χ1v) is 11.2. The van der Waals surface area contributed by atoms with Crippen molar-refractivity contribution in [2.75, 3.05) is 31.2 Å². The van der Waals surface area contributed by atoms with E-state index < -0.39 is 9.84 Å². The van der Waals surface area contributed by atoms with Gasteiger partial charge < -0.3 is 15.0 Å². The second-order valence-corrected chi connectivity index (χ2v) is 9.30. The Bertz CT molecular complexity index is 802. The highest BCUT2D eigenvalue weighted by molar-refractivity contribution is 7.91. The Morgan fingerprint density at radius 1 is 1.26 bits per heavy atom. The van der Waals surface area contributed by atoms with Crippen molar-refractivity contribution in [1.82, 2.24) is 10.2 Å². The molecule has 0 saturated carbocycles. The monoisotopic (exact) mass is 394 g/mol. The first kappa shape index (κ1) is 19.8. The number of ether oxygens (including phenoxy) is 1. The van der Waals surface area contributed by atoms with Crippen LogP contribution in [-0.4, -0.2) is 68.5 Å². The molecule has 1 N–H and O–H groups in total. The number of nitrogens with zero attached hydrogens (tertiary/aromatic N) is 1. The Labute approximate surface area is 160 Å². The zero-order valence-electron chi connectivity index (χ0n) is 15.5. The van der Waals surface area contributed by atoms with E-state index in [-0.39, 0.29) is 35.5 Å². The lowest BCUT2D eigenvalue weighted by atomic mass is 10.1. The van der Waals surface area contributed by atoms with E-state index in [0.717, 1.165) is 19.4 Å². The zero-order valence-corrected chi connectivity index (χ0v) is 16.3. The molecule has 0 aliphatic carbocycles. The van der Waals surface area contributed by atoms with Gasteiger partial charge in [-0.25, -0.2) is 8.42 Å². The summed E-state index contributed by atoms with van der Waals surface area (Å²) in [7, 11) is -3.07. The molecule has 0 aromatic heterocycles. The van der Waals surface area contributed by atoms with Gasteiger partial charge in [-0.2, -0.15) is 0 Å². The van der Waals surface area contributed by atoms with Crippen molar-refractivity contribution >= 4 is 21.7 Å². The van der Waals surface area contributed by atoms with Crippen LogP contribution in [0, 0.1) is 0 Å². The predicted molar refractivity (Wildman–Crippen MR) is 102 cm³/mol. The molecule has 2 amide bonds. The van der Waals surface area contributed by atoms with Gasteiger partial charge in [-0.05, 0) is 44.4 Å². The number of nitrogens with one attached hydrogen (secondary N) is 1. The van der Waals surface area contributed by atoms with E-state index in [2.05, 4.69) is 5.32 Å². The molecular weight excluding hydrogens is 368 g/mol. The summed E-state index contributed by atoms with van der Waals surface area (Å²) in [5.74, 6) is -0.360. The molecule has 1 aromatic rings. The second kappa shape index (κ2) is 8.39. The lowest BCUT2D eigenvalue weighted by Gasteiger charge is -2.27. The fourth-order valence-corrected chi connectivity index (χ4v) is 5.39. The molecule has 2 atom stereocenters. The Hall–Kier alpha value is -1.93. The molecule has 2 aliphatic rings. The summed E-state index contributed by atoms with van der Waals surface area (Å²) in [4.78, 5) is 26.9. The van der Waals surface area contributed by atoms with Crippen molar-refractivity contribution in [3.8, 4) is 0 Å². The van der Waals surface area contributed by atoms with E-state index in [0.29, 0.717) is 30.6 Å². The number of amides is 2. The predicted octanol–water partition coefficient (Wildman–Crippen LogP) is 1.24. The summed E-state index contributed by atoms with van der Waals surface area (Å²) in [6.45, 7) is 3.45. The maximum atomic E-state index is 12.9. The van der Waals surface area contributed by atoms with E-state index in [9.17, 15) is 18.0 Å². The van der Waals surface area contributed by atoms with Crippen LogP contribution >= 0.6 is 0 Å². The van der Waals surface area contributed by atoms with Gasteiger partial charge in [0.15, 0.2) is 9.84 Å². The molecule has 0 radical (unpaired) electrons. The number of rotatable bonds is 6. The van der Waals surface area contributed by atoms with Crippen molar-refractivity contribution in [1.29, 1.82) is 0 Å². The molecule has 2 aliphatic heterocycles. The van der Waals surface area contributed by atoms with Crippen LogP contribution in [0.5, 0.6) is 0 Å². The molecule has 2 saturated heterocycles. The van der Waals surface area contributed by atoms with Gasteiger partial charge in [0.2, 0.25) is 0 Å². The fourth-order valence-electron chi connectivity index (χ4n) is 3.66. The zero-order chi connectivity index (χ0) is 19.4. The van der Waals surface area contributed by atoms with Gasteiger partial charge in [-0.1, -0.05) is 6.07 Å². The van der Waals surface area contributed by atoms with Crippen molar-refractivity contribution in [3.63, 3.8) is 0 Å². The molecule has 0 spiro atoms. The van der Waals surface area contributed by atoms with Gasteiger partial charge in [0.25, 0.3) is 11.8 Å². The van der Waals surface area contributed by atoms with E-state index >= 15 is 0 Å². The van der Waals surface area contributed by atoms with Gasteiger partial charge >= 0.3 is 0 Å². The first-order valence-electron chi connectivity index (χ1n) is 9.41. The van der Waals surface area contributed by atoms with Crippen LogP contribution in [0.3, 0.4) is 0 Å². The number of hydrogen-bond acceptors (Lipinski definition) is 5. The van der Waals surface area contributed by atoms with Crippen LogP contribution in [0.1, 0.15) is 46.9 Å². The molecule has 0 bridgehead atoms. The topological polar surface area (TPSA) is 92.8 Å². The van der Waals surface area contributed by atoms with E-state index in [4.69, 9.17) is 4.74 Å². The molecule has 8 heteroatoms. The molecular formula is C19H26N2O5S. The Morgan fingerprint density at radius 2 is 2.04 bits per heavy atom. The van der Waals surface area contributed by atoms with Crippen LogP contribution in [0.4, 0.5) is 0 Å². The Balaban J connectivity index is 1.67. The van der Waals surface area contributed by atoms with Crippen molar-refractivity contribution in [2.45, 2.75) is 38.3 Å². The summed E-state index contributed by atoms with van der Waals surface area (Å²) in [5.41, 5.74) is 0.805. The van der Waals surface area contributed by atoms with Crippen LogP contribution < -0.4 is 5.32 Å². The van der Waals surface area contributed by atoms with Crippen molar-refractivity contribution in [2.24, 2.45) is 0 Å². The van der Waals surface area contributed by atoms with Gasteiger partial charge in [0, 0.05) is 36.9 Å². The summed E-state index contributed by atoms with van der Waals surface area (Å²) < 4.78 is 29.0. The third-order valence-electron chi connectivity index (χ3n) is 5.14. The van der Waals surface area contributed by atoms with E-state index in [1.807, 2.05) is 6.92 Å². The van der Waals surface area contributed by atoms with E-state index in [1.54, 1.807) is 29.2 Å². The molecule has 2 fully saturated rings. The largest absolute Gasteiger partial charge is 0.376 e. The number of carbonyl (C=O) groups is 2. The highest BCUT2D eigenvalue weighted by Crippen LogP contribution is 2.20. The highest BCUT2D eigenvalue weighted by atomic mass is 32.2. The van der Waals surface area contributed by atoms with Gasteiger partial charge in [-0.15, -0.1) is 0 Å². The average molecular weight is 394 g/mol. The highest BCUT2D eigenvalue weighted by Gasteiger charge is 2.34. The third-order valence-corrected chi connectivity index (χ3v) is 6.89. The molecule has 1 aromatic carbocycles. The van der Waals surface area contributed by atoms with Crippen LogP contribution in [0.25, 0.3) is 0 Å². The minimum Gasteiger partial charge on any atom is -0.376 e. The summed E-state index contributed by atoms with van der Waals surface area (Å²) >= 11 is 0. The smallest absolute Gasteiger partial charge is 0.254 e. The minimum absolute atomic E-state index is 0.00808. The average Bonchev–Trinajstić information content (AvgIpc) is 3.30. The molecule has 148 valence electrons. The fraction of sp³-hybridized carbons (Fsp3) is 0.579. The number of hydrogen-bond donors (Lipinski definition) is 1. The molecule has 2 unspecified atom stereocenters. The SMILES string of the molecule is CCN(C(=O)c1cccc(C(=O)NCC2CCCO2)c1)C1CCS(=O)(=O)C1. The quantitative estimate of drug-likeness (QED) is 0.784. The molecule has 3 rings (SSSR count). The Kier molecular flexibility index (Phi) is 6.16. The lowest BCUT2D eigenvalue weighted by Crippen LogP contribution is -2.41. The van der Waals surface area contributed by atoms with Crippen LogP contribution in [0.15, 0.2) is 24.3 Å². The number of sulfone groups is 1. The van der Waals surface area contributed by atoms with Crippen LogP contribution in [0.2, 0.25) is 0 Å². The Morgan fingerprint density at radius 3 is 2.67 bits per heavy atom. The maximum Gasteiger partial charge on any atom is 0.254 e. The summed E-state index contributed by atoms with van der Waals surface area (Å²) in [6, 6.07) is 6.26. The van der Waals surface area contributed by atoms with Gasteiger partial charge in [0.1, 0.15) is 0 Å². The summed E-state index contributed by atoms with van der Waals surface area (Å²) in [6.07, 6.45) is 2.46. The van der Waals surface area contributed by atoms with Crippen molar-refractivity contribution in [3.05, 3.63) is 35.4 Å². The lowest BCUT2D eigenvalue weighted by molar-refractivity contribution is 0.0708. The van der Waals surface area contributed by atoms with Gasteiger partial charge in [-0.3, -0.25) is 9.59 Å². The van der Waals surface area contributed by atoms with Crippen LogP contribution in [-0.2, 0) is 14.6 Å². The maximum absolute atomic E-state index is 12.9. The normalized spacial score (nSPS) is 23.9. The molecule has 27 heavy (non-hydrogen) atoms. The van der Waals surface area contributed by atoms with Crippen molar-refractivity contribution < 1.29 is 22.7 Å². The first-order chi connectivity index (χ1) is 12.9. The minimum atomic E-state index is -3.07. The molecule has 2 heterocycles.